The van der Waals surface area contributed by atoms with Crippen molar-refractivity contribution in [1.29, 1.82) is 0 Å². The van der Waals surface area contributed by atoms with Crippen molar-refractivity contribution < 1.29 is 5.21 Å². The summed E-state index contributed by atoms with van der Waals surface area (Å²) in [4.78, 5) is 0. The van der Waals surface area contributed by atoms with Gasteiger partial charge in [0.1, 0.15) is 5.84 Å². The second-order valence-electron chi connectivity index (χ2n) is 3.21. The zero-order chi connectivity index (χ0) is 10.7. The van der Waals surface area contributed by atoms with Crippen molar-refractivity contribution in [2.45, 2.75) is 20.4 Å². The van der Waals surface area contributed by atoms with Crippen LogP contribution in [0.25, 0.3) is 0 Å². The third-order valence-electron chi connectivity index (χ3n) is 1.97. The molecule has 1 rings (SSSR count). The van der Waals surface area contributed by atoms with Gasteiger partial charge in [0, 0.05) is 12.1 Å². The van der Waals surface area contributed by atoms with Crippen LogP contribution < -0.4 is 5.73 Å². The number of nitrogens with two attached hydrogens (primary N) is 1. The Hall–Kier alpha value is -1.23. The van der Waals surface area contributed by atoms with Crippen LogP contribution in [-0.4, -0.2) is 20.8 Å². The Kier molecular flexibility index (Phi) is 3.35. The molecule has 0 saturated heterocycles. The monoisotopic (exact) mass is 216 g/mol. The van der Waals surface area contributed by atoms with E-state index in [1.54, 1.807) is 10.9 Å². The van der Waals surface area contributed by atoms with Crippen LogP contribution in [0.3, 0.4) is 0 Å². The van der Waals surface area contributed by atoms with Gasteiger partial charge < -0.3 is 10.9 Å². The topological polar surface area (TPSA) is 76.4 Å². The SMILES string of the molecule is Cc1nn(C[C@@H](C)/C(N)=N\O)cc1Cl. The van der Waals surface area contributed by atoms with Crippen LogP contribution in [0.1, 0.15) is 12.6 Å². The van der Waals surface area contributed by atoms with Gasteiger partial charge in [-0.2, -0.15) is 5.10 Å². The summed E-state index contributed by atoms with van der Waals surface area (Å²) in [5.41, 5.74) is 6.21. The van der Waals surface area contributed by atoms with Crippen LogP contribution in [0.5, 0.6) is 0 Å². The summed E-state index contributed by atoms with van der Waals surface area (Å²) in [5.74, 6) is 0.115. The molecule has 5 nitrogen and oxygen atoms in total. The Bertz CT molecular complexity index is 328. The van der Waals surface area contributed by atoms with E-state index in [-0.39, 0.29) is 11.8 Å². The van der Waals surface area contributed by atoms with Gasteiger partial charge in [-0.15, -0.1) is 0 Å². The van der Waals surface area contributed by atoms with Crippen LogP contribution in [0.4, 0.5) is 0 Å². The molecule has 1 aromatic heterocycles. The van der Waals surface area contributed by atoms with Gasteiger partial charge in [0.25, 0.3) is 0 Å². The molecule has 3 N–H and O–H groups in total. The van der Waals surface area contributed by atoms with Crippen LogP contribution in [-0.2, 0) is 6.54 Å². The molecule has 0 aliphatic heterocycles. The van der Waals surface area contributed by atoms with Gasteiger partial charge in [0.05, 0.1) is 17.3 Å². The van der Waals surface area contributed by atoms with Gasteiger partial charge in [-0.3, -0.25) is 4.68 Å². The Morgan fingerprint density at radius 1 is 1.86 bits per heavy atom. The summed E-state index contributed by atoms with van der Waals surface area (Å²) >= 11 is 5.83. The Labute approximate surface area is 87.2 Å². The highest BCUT2D eigenvalue weighted by atomic mass is 35.5. The minimum absolute atomic E-state index is 0.0737. The first-order valence-corrected chi connectivity index (χ1v) is 4.59. The van der Waals surface area contributed by atoms with Crippen LogP contribution in [0, 0.1) is 12.8 Å². The second-order valence-corrected chi connectivity index (χ2v) is 3.62. The number of aryl methyl sites for hydroxylation is 1. The molecule has 1 atom stereocenters. The van der Waals surface area contributed by atoms with E-state index in [9.17, 15) is 0 Å². The average molecular weight is 217 g/mol. The third-order valence-corrected chi connectivity index (χ3v) is 2.34. The van der Waals surface area contributed by atoms with E-state index >= 15 is 0 Å². The molecule has 0 bridgehead atoms. The van der Waals surface area contributed by atoms with Crippen molar-refractivity contribution in [2.24, 2.45) is 16.8 Å². The number of aromatic nitrogens is 2. The molecule has 0 radical (unpaired) electrons. The maximum absolute atomic E-state index is 8.45. The molecule has 0 aliphatic rings. The number of oxime groups is 1. The van der Waals surface area contributed by atoms with Gasteiger partial charge in [-0.1, -0.05) is 23.7 Å². The number of rotatable bonds is 3. The fourth-order valence-corrected chi connectivity index (χ4v) is 1.21. The van der Waals surface area contributed by atoms with E-state index in [1.807, 2.05) is 13.8 Å². The minimum Gasteiger partial charge on any atom is -0.409 e. The molecule has 1 aromatic rings. The summed E-state index contributed by atoms with van der Waals surface area (Å²) in [6, 6.07) is 0. The Balaban J connectivity index is 2.69. The summed E-state index contributed by atoms with van der Waals surface area (Å²) in [7, 11) is 0. The molecule has 0 aromatic carbocycles. The maximum Gasteiger partial charge on any atom is 0.143 e. The Morgan fingerprint density at radius 3 is 2.93 bits per heavy atom. The molecule has 0 saturated carbocycles. The summed E-state index contributed by atoms with van der Waals surface area (Å²) in [6.07, 6.45) is 1.72. The number of halogens is 1. The lowest BCUT2D eigenvalue weighted by molar-refractivity contribution is 0.313. The van der Waals surface area contributed by atoms with Gasteiger partial charge >= 0.3 is 0 Å². The van der Waals surface area contributed by atoms with Crippen molar-refractivity contribution in [2.75, 3.05) is 0 Å². The maximum atomic E-state index is 8.45. The minimum atomic E-state index is -0.0737. The van der Waals surface area contributed by atoms with Crippen LogP contribution >= 0.6 is 11.6 Å². The van der Waals surface area contributed by atoms with Crippen LogP contribution in [0.2, 0.25) is 5.02 Å². The first-order valence-electron chi connectivity index (χ1n) is 4.21. The zero-order valence-corrected chi connectivity index (χ0v) is 8.86. The smallest absolute Gasteiger partial charge is 0.143 e. The van der Waals surface area contributed by atoms with E-state index in [2.05, 4.69) is 10.3 Å². The van der Waals surface area contributed by atoms with Crippen molar-refractivity contribution in [3.8, 4) is 0 Å². The second kappa shape index (κ2) is 4.32. The largest absolute Gasteiger partial charge is 0.409 e. The normalized spacial score (nSPS) is 14.4. The van der Waals surface area contributed by atoms with Gasteiger partial charge in [0.15, 0.2) is 0 Å². The first-order chi connectivity index (χ1) is 6.54. The predicted octanol–water partition coefficient (Wildman–Crippen LogP) is 1.23. The highest BCUT2D eigenvalue weighted by molar-refractivity contribution is 6.31. The zero-order valence-electron chi connectivity index (χ0n) is 8.11. The van der Waals surface area contributed by atoms with E-state index < -0.39 is 0 Å². The fraction of sp³-hybridized carbons (Fsp3) is 0.500. The van der Waals surface area contributed by atoms with E-state index in [0.29, 0.717) is 11.6 Å². The number of hydrogen-bond acceptors (Lipinski definition) is 3. The molecule has 0 fully saturated rings. The highest BCUT2D eigenvalue weighted by Gasteiger charge is 2.10. The average Bonchev–Trinajstić information content (AvgIpc) is 2.44. The molecule has 1 heterocycles. The lowest BCUT2D eigenvalue weighted by atomic mass is 10.1. The molecule has 14 heavy (non-hydrogen) atoms. The summed E-state index contributed by atoms with van der Waals surface area (Å²) in [6.45, 7) is 4.22. The number of hydrogen-bond donors (Lipinski definition) is 2. The lowest BCUT2D eigenvalue weighted by Gasteiger charge is -2.08. The van der Waals surface area contributed by atoms with Crippen molar-refractivity contribution in [1.82, 2.24) is 9.78 Å². The van der Waals surface area contributed by atoms with Crippen molar-refractivity contribution in [3.63, 3.8) is 0 Å². The fourth-order valence-electron chi connectivity index (χ4n) is 1.06. The van der Waals surface area contributed by atoms with Crippen LogP contribution in [0.15, 0.2) is 11.4 Å². The van der Waals surface area contributed by atoms with Crippen molar-refractivity contribution >= 4 is 17.4 Å². The molecule has 78 valence electrons. The molecule has 0 spiro atoms. The molecule has 0 aliphatic carbocycles. The number of nitrogens with zero attached hydrogens (tertiary/aromatic N) is 3. The van der Waals surface area contributed by atoms with Gasteiger partial charge in [0.2, 0.25) is 0 Å². The standard InChI is InChI=1S/C8H13ClN4O/c1-5(8(10)12-14)3-13-4-7(9)6(2)11-13/h4-5,14H,3H2,1-2H3,(H2,10,12)/t5-/m1/s1. The Morgan fingerprint density at radius 2 is 2.50 bits per heavy atom. The first kappa shape index (κ1) is 10.8. The molecular weight excluding hydrogens is 204 g/mol. The lowest BCUT2D eigenvalue weighted by Crippen LogP contribution is -2.25. The quantitative estimate of drug-likeness (QED) is 0.345. The van der Waals surface area contributed by atoms with Gasteiger partial charge in [-0.25, -0.2) is 0 Å². The van der Waals surface area contributed by atoms with E-state index in [4.69, 9.17) is 22.5 Å². The molecule has 6 heteroatoms. The van der Waals surface area contributed by atoms with Gasteiger partial charge in [-0.05, 0) is 6.92 Å². The summed E-state index contributed by atoms with van der Waals surface area (Å²) < 4.78 is 1.68. The summed E-state index contributed by atoms with van der Waals surface area (Å²) in [5, 5.41) is 16.2. The third kappa shape index (κ3) is 2.38. The highest BCUT2D eigenvalue weighted by Crippen LogP contribution is 2.13. The van der Waals surface area contributed by atoms with E-state index in [1.165, 1.54) is 0 Å². The number of amidine groups is 1. The predicted molar refractivity (Wildman–Crippen MR) is 54.5 cm³/mol. The van der Waals surface area contributed by atoms with Crippen molar-refractivity contribution in [3.05, 3.63) is 16.9 Å². The molecule has 0 amide bonds. The molecule has 0 unspecified atom stereocenters. The van der Waals surface area contributed by atoms with E-state index in [0.717, 1.165) is 5.69 Å². The molecular formula is C8H13ClN4O.